The van der Waals surface area contributed by atoms with Crippen molar-refractivity contribution in [1.29, 1.82) is 0 Å². The molecule has 0 aliphatic heterocycles. The van der Waals surface area contributed by atoms with Gasteiger partial charge in [0.05, 0.1) is 5.92 Å². The van der Waals surface area contributed by atoms with Crippen LogP contribution in [0.4, 0.5) is 18.9 Å². The Morgan fingerprint density at radius 3 is 1.98 bits per heavy atom. The summed E-state index contributed by atoms with van der Waals surface area (Å²) in [6.45, 7) is 0. The van der Waals surface area contributed by atoms with Crippen LogP contribution < -0.4 is 5.32 Å². The zero-order valence-electron chi connectivity index (χ0n) is 21.6. The van der Waals surface area contributed by atoms with Gasteiger partial charge in [-0.1, -0.05) is 67.4 Å². The highest BCUT2D eigenvalue weighted by molar-refractivity contribution is 6.04. The van der Waals surface area contributed by atoms with Gasteiger partial charge < -0.3 is 14.8 Å². The van der Waals surface area contributed by atoms with Gasteiger partial charge in [-0.25, -0.2) is 4.98 Å². The van der Waals surface area contributed by atoms with Crippen LogP contribution in [0.1, 0.15) is 52.3 Å². The number of aliphatic carboxylic acids is 1. The highest BCUT2D eigenvalue weighted by atomic mass is 19.4. The van der Waals surface area contributed by atoms with Crippen molar-refractivity contribution in [2.45, 2.75) is 31.9 Å². The van der Waals surface area contributed by atoms with Gasteiger partial charge in [-0.15, -0.1) is 0 Å². The number of nitrogens with zero attached hydrogens (tertiary/aromatic N) is 1. The largest absolute Gasteiger partial charge is 0.481 e. The maximum Gasteiger partial charge on any atom is 0.452 e. The number of hydrogen-bond donors (Lipinski definition) is 2. The number of Topliss-reactive ketones (excluding diaryl/α,β-unsaturated/α-hetero) is 1. The fraction of sp³-hybridized carbons (Fsp3) is 0.226. The molecule has 1 amide bonds. The molecular weight excluding hydrogens is 537 g/mol. The van der Waals surface area contributed by atoms with Crippen LogP contribution >= 0.6 is 0 Å². The first-order valence-electron chi connectivity index (χ1n) is 13.0. The van der Waals surface area contributed by atoms with Crippen molar-refractivity contribution in [1.82, 2.24) is 4.98 Å². The van der Waals surface area contributed by atoms with E-state index in [0.29, 0.717) is 24.0 Å². The second-order valence-corrected chi connectivity index (χ2v) is 9.87. The lowest BCUT2D eigenvalue weighted by Gasteiger charge is -2.27. The zero-order chi connectivity index (χ0) is 29.1. The van der Waals surface area contributed by atoms with E-state index in [9.17, 15) is 32.7 Å². The predicted molar refractivity (Wildman–Crippen MR) is 144 cm³/mol. The molecule has 1 fully saturated rings. The van der Waals surface area contributed by atoms with Crippen LogP contribution in [0, 0.1) is 11.8 Å². The van der Waals surface area contributed by atoms with Crippen molar-refractivity contribution >= 4 is 23.3 Å². The number of aromatic nitrogens is 1. The molecule has 0 saturated heterocycles. The van der Waals surface area contributed by atoms with Gasteiger partial charge in [-0.05, 0) is 48.2 Å². The summed E-state index contributed by atoms with van der Waals surface area (Å²) >= 11 is 0. The lowest BCUT2D eigenvalue weighted by molar-refractivity contribution is -0.153. The SMILES string of the molecule is O=C(Nc1ccc(-c2ccc(C(=O)[C@@H]3CCCC[C@H]3C(=O)O)cc2)cc1)c1nc(-c2ccccc2)oc1C(F)(F)F. The van der Waals surface area contributed by atoms with Crippen molar-refractivity contribution in [2.24, 2.45) is 11.8 Å². The molecule has 2 atom stereocenters. The lowest BCUT2D eigenvalue weighted by atomic mass is 9.75. The van der Waals surface area contributed by atoms with E-state index < -0.39 is 41.3 Å². The van der Waals surface area contributed by atoms with E-state index in [4.69, 9.17) is 4.42 Å². The Labute approximate surface area is 233 Å². The van der Waals surface area contributed by atoms with Gasteiger partial charge in [0.1, 0.15) is 0 Å². The Balaban J connectivity index is 1.30. The molecule has 1 heterocycles. The number of rotatable bonds is 7. The molecule has 2 N–H and O–H groups in total. The normalized spacial score (nSPS) is 17.1. The maximum absolute atomic E-state index is 13.6. The number of halogens is 3. The van der Waals surface area contributed by atoms with E-state index in [-0.39, 0.29) is 17.4 Å². The highest BCUT2D eigenvalue weighted by Crippen LogP contribution is 2.36. The van der Waals surface area contributed by atoms with Crippen LogP contribution in [-0.4, -0.2) is 27.8 Å². The topological polar surface area (TPSA) is 110 Å². The van der Waals surface area contributed by atoms with Gasteiger partial charge in [0.25, 0.3) is 5.91 Å². The van der Waals surface area contributed by atoms with Crippen LogP contribution in [0.2, 0.25) is 0 Å². The van der Waals surface area contributed by atoms with Crippen molar-refractivity contribution in [3.8, 4) is 22.6 Å². The van der Waals surface area contributed by atoms with Gasteiger partial charge in [-0.2, -0.15) is 13.2 Å². The Kier molecular flexibility index (Phi) is 7.74. The van der Waals surface area contributed by atoms with Crippen molar-refractivity contribution in [2.75, 3.05) is 5.32 Å². The molecular formula is C31H25F3N2O5. The number of ketones is 1. The van der Waals surface area contributed by atoms with Crippen LogP contribution in [0.3, 0.4) is 0 Å². The third kappa shape index (κ3) is 6.06. The molecule has 210 valence electrons. The molecule has 1 saturated carbocycles. The summed E-state index contributed by atoms with van der Waals surface area (Å²) in [5.41, 5.74) is 1.63. The van der Waals surface area contributed by atoms with E-state index in [1.807, 2.05) is 0 Å². The van der Waals surface area contributed by atoms with Crippen LogP contribution in [0.5, 0.6) is 0 Å². The third-order valence-corrected chi connectivity index (χ3v) is 7.19. The second-order valence-electron chi connectivity index (χ2n) is 9.87. The number of carboxylic acids is 1. The Morgan fingerprint density at radius 2 is 1.39 bits per heavy atom. The first-order chi connectivity index (χ1) is 19.6. The molecule has 0 unspecified atom stereocenters. The number of hydrogen-bond acceptors (Lipinski definition) is 5. The summed E-state index contributed by atoms with van der Waals surface area (Å²) in [6, 6.07) is 21.2. The van der Waals surface area contributed by atoms with Crippen LogP contribution in [-0.2, 0) is 11.0 Å². The Hall–Kier alpha value is -4.73. The average molecular weight is 563 g/mol. The van der Waals surface area contributed by atoms with Crippen molar-refractivity contribution < 1.29 is 37.1 Å². The number of amides is 1. The minimum atomic E-state index is -4.92. The monoisotopic (exact) mass is 562 g/mol. The summed E-state index contributed by atoms with van der Waals surface area (Å²) in [7, 11) is 0. The fourth-order valence-corrected chi connectivity index (χ4v) is 5.09. The number of benzene rings is 3. The van der Waals surface area contributed by atoms with Gasteiger partial charge >= 0.3 is 12.1 Å². The molecule has 0 bridgehead atoms. The molecule has 1 aromatic heterocycles. The van der Waals surface area contributed by atoms with Crippen molar-refractivity contribution in [3.63, 3.8) is 0 Å². The summed E-state index contributed by atoms with van der Waals surface area (Å²) in [5, 5.41) is 11.9. The van der Waals surface area contributed by atoms with Gasteiger partial charge in [-0.3, -0.25) is 14.4 Å². The molecule has 0 radical (unpaired) electrons. The van der Waals surface area contributed by atoms with E-state index in [1.54, 1.807) is 54.6 Å². The number of oxazole rings is 1. The number of alkyl halides is 3. The number of nitrogens with one attached hydrogen (secondary N) is 1. The fourth-order valence-electron chi connectivity index (χ4n) is 5.09. The maximum atomic E-state index is 13.6. The summed E-state index contributed by atoms with van der Waals surface area (Å²) in [4.78, 5) is 41.2. The van der Waals surface area contributed by atoms with Crippen LogP contribution in [0.25, 0.3) is 22.6 Å². The summed E-state index contributed by atoms with van der Waals surface area (Å²) in [6.07, 6.45) is -2.25. The Morgan fingerprint density at radius 1 is 0.805 bits per heavy atom. The standard InChI is InChI=1S/C31H25F3N2O5/c32-31(33,34)27-25(36-29(41-27)21-6-2-1-3-7-21)28(38)35-22-16-14-19(15-17-22)18-10-12-20(13-11-18)26(37)23-8-4-5-9-24(23)30(39)40/h1-3,6-7,10-17,23-24H,4-5,8-9H2,(H,35,38)(H,39,40)/t23-,24-/m1/s1. The van der Waals surface area contributed by atoms with Gasteiger partial charge in [0, 0.05) is 22.7 Å². The van der Waals surface area contributed by atoms with Crippen LogP contribution in [0.15, 0.2) is 83.3 Å². The highest BCUT2D eigenvalue weighted by Gasteiger charge is 2.42. The smallest absolute Gasteiger partial charge is 0.452 e. The summed E-state index contributed by atoms with van der Waals surface area (Å²) < 4.78 is 45.7. The molecule has 1 aliphatic carbocycles. The molecule has 4 aromatic rings. The van der Waals surface area contributed by atoms with E-state index in [1.165, 1.54) is 24.3 Å². The molecule has 0 spiro atoms. The lowest BCUT2D eigenvalue weighted by Crippen LogP contribution is -2.32. The number of carbonyl (C=O) groups is 3. The predicted octanol–water partition coefficient (Wildman–Crippen LogP) is 7.35. The van der Waals surface area contributed by atoms with E-state index >= 15 is 0 Å². The molecule has 10 heteroatoms. The summed E-state index contributed by atoms with van der Waals surface area (Å²) in [5.74, 6) is -5.20. The molecule has 7 nitrogen and oxygen atoms in total. The minimum absolute atomic E-state index is 0.178. The number of carboxylic acid groups (broad SMARTS) is 1. The van der Waals surface area contributed by atoms with E-state index in [2.05, 4.69) is 10.3 Å². The number of carbonyl (C=O) groups excluding carboxylic acids is 2. The molecule has 41 heavy (non-hydrogen) atoms. The molecule has 1 aliphatic rings. The van der Waals surface area contributed by atoms with Crippen molar-refractivity contribution in [3.05, 3.63) is 95.9 Å². The van der Waals surface area contributed by atoms with E-state index in [0.717, 1.165) is 24.0 Å². The second kappa shape index (κ2) is 11.4. The van der Waals surface area contributed by atoms with Gasteiger partial charge in [0.15, 0.2) is 11.5 Å². The molecule has 5 rings (SSSR count). The first kappa shape index (κ1) is 27.8. The quantitative estimate of drug-likeness (QED) is 0.228. The molecule has 3 aromatic carbocycles. The third-order valence-electron chi connectivity index (χ3n) is 7.19. The van der Waals surface area contributed by atoms with Gasteiger partial charge in [0.2, 0.25) is 11.7 Å². The Bertz CT molecular complexity index is 1560. The minimum Gasteiger partial charge on any atom is -0.481 e. The number of anilines is 1. The average Bonchev–Trinajstić information content (AvgIpc) is 3.45. The zero-order valence-corrected chi connectivity index (χ0v) is 21.6. The first-order valence-corrected chi connectivity index (χ1v) is 13.0.